The second-order valence-corrected chi connectivity index (χ2v) is 5.87. The third kappa shape index (κ3) is 4.37. The summed E-state index contributed by atoms with van der Waals surface area (Å²) < 4.78 is 38.4. The predicted octanol–water partition coefficient (Wildman–Crippen LogP) is 3.56. The van der Waals surface area contributed by atoms with Gasteiger partial charge in [0.25, 0.3) is 0 Å². The number of nitrogens with zero attached hydrogens (tertiary/aromatic N) is 1. The molecule has 0 aromatic heterocycles. The number of amides is 2. The van der Waals surface area contributed by atoms with Crippen LogP contribution in [0.15, 0.2) is 18.2 Å². The average Bonchev–Trinajstić information content (AvgIpc) is 2.48. The van der Waals surface area contributed by atoms with Crippen molar-refractivity contribution >= 4 is 29.1 Å². The zero-order valence-corrected chi connectivity index (χ0v) is 13.2. The summed E-state index contributed by atoms with van der Waals surface area (Å²) in [5.74, 6) is -0.712. The van der Waals surface area contributed by atoms with Gasteiger partial charge in [-0.1, -0.05) is 11.6 Å². The fraction of sp³-hybridized carbons (Fsp3) is 0.467. The fourth-order valence-corrected chi connectivity index (χ4v) is 2.75. The van der Waals surface area contributed by atoms with Crippen molar-refractivity contribution in [2.45, 2.75) is 25.9 Å². The van der Waals surface area contributed by atoms with Crippen LogP contribution in [0.3, 0.4) is 0 Å². The van der Waals surface area contributed by atoms with E-state index in [0.717, 1.165) is 12.1 Å². The van der Waals surface area contributed by atoms with Gasteiger partial charge in [0.2, 0.25) is 11.8 Å². The molecule has 0 radical (unpaired) electrons. The topological polar surface area (TPSA) is 49.4 Å². The van der Waals surface area contributed by atoms with Gasteiger partial charge in [0.15, 0.2) is 0 Å². The molecule has 0 saturated carbocycles. The maximum absolute atomic E-state index is 12.8. The highest BCUT2D eigenvalue weighted by molar-refractivity contribution is 6.31. The van der Waals surface area contributed by atoms with E-state index in [1.165, 1.54) is 13.0 Å². The number of piperidine rings is 1. The highest BCUT2D eigenvalue weighted by Gasteiger charge is 2.34. The van der Waals surface area contributed by atoms with Gasteiger partial charge >= 0.3 is 6.18 Å². The number of hydrogen-bond acceptors (Lipinski definition) is 2. The van der Waals surface area contributed by atoms with Crippen molar-refractivity contribution in [3.8, 4) is 0 Å². The third-order valence-electron chi connectivity index (χ3n) is 3.85. The molecule has 1 N–H and O–H groups in total. The van der Waals surface area contributed by atoms with Gasteiger partial charge < -0.3 is 10.2 Å². The quantitative estimate of drug-likeness (QED) is 0.888. The summed E-state index contributed by atoms with van der Waals surface area (Å²) >= 11 is 5.54. The molecule has 2 amide bonds. The molecule has 126 valence electrons. The normalized spacial score (nSPS) is 16.3. The van der Waals surface area contributed by atoms with Crippen LogP contribution in [0.5, 0.6) is 0 Å². The van der Waals surface area contributed by atoms with E-state index >= 15 is 0 Å². The van der Waals surface area contributed by atoms with Crippen LogP contribution in [0.2, 0.25) is 5.02 Å². The lowest BCUT2D eigenvalue weighted by molar-refractivity contribution is -0.137. The van der Waals surface area contributed by atoms with E-state index < -0.39 is 16.8 Å². The lowest BCUT2D eigenvalue weighted by Crippen LogP contribution is -2.40. The monoisotopic (exact) mass is 348 g/mol. The maximum atomic E-state index is 12.8. The van der Waals surface area contributed by atoms with Crippen molar-refractivity contribution in [2.24, 2.45) is 5.92 Å². The van der Waals surface area contributed by atoms with E-state index in [-0.39, 0.29) is 23.4 Å². The van der Waals surface area contributed by atoms with Crippen molar-refractivity contribution in [3.63, 3.8) is 0 Å². The fourth-order valence-electron chi connectivity index (χ4n) is 2.52. The maximum Gasteiger partial charge on any atom is 0.417 e. The number of anilines is 1. The molecule has 23 heavy (non-hydrogen) atoms. The van der Waals surface area contributed by atoms with E-state index in [2.05, 4.69) is 5.32 Å². The zero-order chi connectivity index (χ0) is 17.2. The van der Waals surface area contributed by atoms with Gasteiger partial charge in [-0.15, -0.1) is 0 Å². The molecule has 0 bridgehead atoms. The minimum Gasteiger partial charge on any atom is -0.343 e. The molecule has 4 nitrogen and oxygen atoms in total. The summed E-state index contributed by atoms with van der Waals surface area (Å²) in [6.07, 6.45) is -3.60. The minimum absolute atomic E-state index is 0.0450. The molecule has 1 aromatic carbocycles. The molecule has 1 saturated heterocycles. The summed E-state index contributed by atoms with van der Waals surface area (Å²) in [7, 11) is 0. The van der Waals surface area contributed by atoms with Gasteiger partial charge in [0, 0.05) is 31.6 Å². The Labute approximate surface area is 136 Å². The lowest BCUT2D eigenvalue weighted by Gasteiger charge is -2.30. The molecule has 8 heteroatoms. The third-order valence-corrected chi connectivity index (χ3v) is 4.18. The van der Waals surface area contributed by atoms with Crippen LogP contribution in [0.4, 0.5) is 18.9 Å². The van der Waals surface area contributed by atoms with Crippen LogP contribution in [-0.2, 0) is 15.8 Å². The highest BCUT2D eigenvalue weighted by atomic mass is 35.5. The van der Waals surface area contributed by atoms with Gasteiger partial charge in [0.05, 0.1) is 10.6 Å². The molecule has 1 heterocycles. The van der Waals surface area contributed by atoms with Crippen molar-refractivity contribution in [1.82, 2.24) is 4.90 Å². The van der Waals surface area contributed by atoms with Crippen LogP contribution in [-0.4, -0.2) is 29.8 Å². The molecule has 0 aliphatic carbocycles. The average molecular weight is 349 g/mol. The first kappa shape index (κ1) is 17.6. The smallest absolute Gasteiger partial charge is 0.343 e. The van der Waals surface area contributed by atoms with Gasteiger partial charge in [-0.2, -0.15) is 13.2 Å². The van der Waals surface area contributed by atoms with Crippen molar-refractivity contribution in [3.05, 3.63) is 28.8 Å². The first-order valence-corrected chi connectivity index (χ1v) is 7.49. The number of alkyl halides is 3. The first-order valence-electron chi connectivity index (χ1n) is 7.11. The number of nitrogens with one attached hydrogen (secondary N) is 1. The predicted molar refractivity (Wildman–Crippen MR) is 80.1 cm³/mol. The number of halogens is 4. The summed E-state index contributed by atoms with van der Waals surface area (Å²) in [6, 6.07) is 3.27. The Bertz CT molecular complexity index is 611. The van der Waals surface area contributed by atoms with Crippen molar-refractivity contribution in [2.75, 3.05) is 18.4 Å². The Kier molecular flexibility index (Phi) is 5.19. The number of likely N-dealkylation sites (tertiary alicyclic amines) is 1. The molecule has 0 unspecified atom stereocenters. The zero-order valence-electron chi connectivity index (χ0n) is 12.4. The molecule has 0 spiro atoms. The molecule has 0 atom stereocenters. The summed E-state index contributed by atoms with van der Waals surface area (Å²) in [5, 5.41) is 2.08. The second-order valence-electron chi connectivity index (χ2n) is 5.46. The standard InChI is InChI=1S/C15H16ClF3N2O2/c1-9(22)21-6-4-10(5-7-21)14(23)20-11-2-3-13(16)12(8-11)15(17,18)19/h2-3,8,10H,4-7H2,1H3,(H,20,23). The van der Waals surface area contributed by atoms with Crippen LogP contribution >= 0.6 is 11.6 Å². The molecule has 1 aromatic rings. The van der Waals surface area contributed by atoms with Crippen LogP contribution in [0, 0.1) is 5.92 Å². The van der Waals surface area contributed by atoms with Gasteiger partial charge in [-0.3, -0.25) is 9.59 Å². The largest absolute Gasteiger partial charge is 0.417 e. The van der Waals surface area contributed by atoms with Crippen molar-refractivity contribution < 1.29 is 22.8 Å². The van der Waals surface area contributed by atoms with Gasteiger partial charge in [-0.05, 0) is 31.0 Å². The number of rotatable bonds is 2. The number of hydrogen-bond donors (Lipinski definition) is 1. The SMILES string of the molecule is CC(=O)N1CCC(C(=O)Nc2ccc(Cl)c(C(F)(F)F)c2)CC1. The number of carbonyl (C=O) groups excluding carboxylic acids is 2. The Hall–Kier alpha value is -1.76. The highest BCUT2D eigenvalue weighted by Crippen LogP contribution is 2.36. The van der Waals surface area contributed by atoms with Gasteiger partial charge in [-0.25, -0.2) is 0 Å². The lowest BCUT2D eigenvalue weighted by atomic mass is 9.95. The Morgan fingerprint density at radius 2 is 1.87 bits per heavy atom. The summed E-state index contributed by atoms with van der Waals surface area (Å²) in [5.41, 5.74) is -0.927. The first-order chi connectivity index (χ1) is 10.7. The summed E-state index contributed by atoms with van der Waals surface area (Å²) in [6.45, 7) is 2.41. The molecular weight excluding hydrogens is 333 g/mol. The Balaban J connectivity index is 2.03. The number of benzene rings is 1. The minimum atomic E-state index is -4.58. The Morgan fingerprint density at radius 3 is 2.39 bits per heavy atom. The van der Waals surface area contributed by atoms with E-state index in [9.17, 15) is 22.8 Å². The van der Waals surface area contributed by atoms with Crippen LogP contribution < -0.4 is 5.32 Å². The Morgan fingerprint density at radius 1 is 1.26 bits per heavy atom. The summed E-state index contributed by atoms with van der Waals surface area (Å²) in [4.78, 5) is 25.0. The van der Waals surface area contributed by atoms with Gasteiger partial charge in [0.1, 0.15) is 0 Å². The van der Waals surface area contributed by atoms with Crippen molar-refractivity contribution in [1.29, 1.82) is 0 Å². The molecule has 1 fully saturated rings. The van der Waals surface area contributed by atoms with Crippen LogP contribution in [0.1, 0.15) is 25.3 Å². The molecule has 1 aliphatic rings. The molecular formula is C15H16ClF3N2O2. The second kappa shape index (κ2) is 6.78. The van der Waals surface area contributed by atoms with E-state index in [0.29, 0.717) is 25.9 Å². The molecule has 1 aliphatic heterocycles. The van der Waals surface area contributed by atoms with E-state index in [1.807, 2.05) is 0 Å². The number of carbonyl (C=O) groups is 2. The van der Waals surface area contributed by atoms with Crippen LogP contribution in [0.25, 0.3) is 0 Å². The molecule has 2 rings (SSSR count). The van der Waals surface area contributed by atoms with E-state index in [1.54, 1.807) is 4.90 Å². The van der Waals surface area contributed by atoms with E-state index in [4.69, 9.17) is 11.6 Å².